The van der Waals surface area contributed by atoms with Gasteiger partial charge in [-0.3, -0.25) is 0 Å². The van der Waals surface area contributed by atoms with Gasteiger partial charge in [0.15, 0.2) is 0 Å². The average molecular weight is 365 g/mol. The highest BCUT2D eigenvalue weighted by Gasteiger charge is 2.18. The topological polar surface area (TPSA) is 79.5 Å². The molecule has 0 aliphatic rings. The van der Waals surface area contributed by atoms with Crippen molar-refractivity contribution < 1.29 is 19.4 Å². The summed E-state index contributed by atoms with van der Waals surface area (Å²) in [5.41, 5.74) is 1.30. The van der Waals surface area contributed by atoms with Crippen LogP contribution in [0.25, 0.3) is 5.57 Å². The largest absolute Gasteiger partial charge is 0.491 e. The van der Waals surface area contributed by atoms with Gasteiger partial charge in [0, 0.05) is 5.57 Å². The zero-order chi connectivity index (χ0) is 20.0. The first-order valence-electron chi connectivity index (χ1n) is 8.73. The minimum Gasteiger partial charge on any atom is -0.491 e. The van der Waals surface area contributed by atoms with Crippen molar-refractivity contribution in [3.05, 3.63) is 65.2 Å². The van der Waals surface area contributed by atoms with E-state index in [9.17, 15) is 15.2 Å². The Morgan fingerprint density at radius 1 is 0.852 bits per heavy atom. The summed E-state index contributed by atoms with van der Waals surface area (Å²) in [6.07, 6.45) is 0.0705. The van der Waals surface area contributed by atoms with Crippen molar-refractivity contribution in [3.8, 4) is 17.6 Å². The molecule has 2 rings (SSSR count). The second kappa shape index (κ2) is 8.91. The lowest BCUT2D eigenvalue weighted by Gasteiger charge is -2.14. The van der Waals surface area contributed by atoms with Gasteiger partial charge in [-0.25, -0.2) is 4.79 Å². The number of carboxylic acids is 1. The minimum atomic E-state index is -1.27. The SMILES string of the molecule is CC(C)Oc1ccc(C(=C(C#N)C(=O)O)c2ccc(OC(C)C)cc2)cc1. The van der Waals surface area contributed by atoms with Gasteiger partial charge in [-0.1, -0.05) is 24.3 Å². The summed E-state index contributed by atoms with van der Waals surface area (Å²) in [5, 5.41) is 18.9. The highest BCUT2D eigenvalue weighted by molar-refractivity contribution is 6.04. The summed E-state index contributed by atoms with van der Waals surface area (Å²) >= 11 is 0. The van der Waals surface area contributed by atoms with Crippen LogP contribution < -0.4 is 9.47 Å². The van der Waals surface area contributed by atoms with E-state index < -0.39 is 5.97 Å². The number of nitrogens with zero attached hydrogens (tertiary/aromatic N) is 1. The van der Waals surface area contributed by atoms with Crippen LogP contribution in [0.4, 0.5) is 0 Å². The predicted molar refractivity (Wildman–Crippen MR) is 104 cm³/mol. The standard InChI is InChI=1S/C22H23NO4/c1-14(2)26-18-9-5-16(6-10-18)21(20(13-23)22(24)25)17-7-11-19(12-8-17)27-15(3)4/h5-12,14-15H,1-4H3,(H,24,25). The lowest BCUT2D eigenvalue weighted by molar-refractivity contribution is -0.132. The van der Waals surface area contributed by atoms with Crippen LogP contribution in [-0.4, -0.2) is 23.3 Å². The molecular weight excluding hydrogens is 342 g/mol. The van der Waals surface area contributed by atoms with Gasteiger partial charge in [-0.15, -0.1) is 0 Å². The second-order valence-corrected chi connectivity index (χ2v) is 6.55. The number of benzene rings is 2. The average Bonchev–Trinajstić information content (AvgIpc) is 2.60. The molecule has 0 aliphatic carbocycles. The van der Waals surface area contributed by atoms with E-state index >= 15 is 0 Å². The summed E-state index contributed by atoms with van der Waals surface area (Å²) < 4.78 is 11.3. The third kappa shape index (κ3) is 5.35. The van der Waals surface area contributed by atoms with E-state index in [0.717, 1.165) is 0 Å². The van der Waals surface area contributed by atoms with Gasteiger partial charge in [0.1, 0.15) is 23.1 Å². The van der Waals surface area contributed by atoms with Crippen LogP contribution in [0.2, 0.25) is 0 Å². The molecule has 2 aromatic rings. The summed E-state index contributed by atoms with van der Waals surface area (Å²) in [6, 6.07) is 15.9. The van der Waals surface area contributed by atoms with Gasteiger partial charge in [0.2, 0.25) is 0 Å². The third-order valence-electron chi connectivity index (χ3n) is 3.61. The summed E-state index contributed by atoms with van der Waals surface area (Å²) in [4.78, 5) is 11.6. The van der Waals surface area contributed by atoms with Crippen molar-refractivity contribution in [3.63, 3.8) is 0 Å². The fourth-order valence-electron chi connectivity index (χ4n) is 2.61. The monoisotopic (exact) mass is 365 g/mol. The quantitative estimate of drug-likeness (QED) is 0.570. The highest BCUT2D eigenvalue weighted by atomic mass is 16.5. The van der Waals surface area contributed by atoms with Gasteiger partial charge in [0.05, 0.1) is 12.2 Å². The molecule has 0 atom stereocenters. The molecule has 140 valence electrons. The first-order valence-corrected chi connectivity index (χ1v) is 8.73. The van der Waals surface area contributed by atoms with Gasteiger partial charge in [-0.2, -0.15) is 5.26 Å². The van der Waals surface area contributed by atoms with Gasteiger partial charge < -0.3 is 14.6 Å². The number of rotatable bonds is 7. The molecule has 5 heteroatoms. The van der Waals surface area contributed by atoms with Crippen LogP contribution >= 0.6 is 0 Å². The second-order valence-electron chi connectivity index (χ2n) is 6.55. The Morgan fingerprint density at radius 3 is 1.48 bits per heavy atom. The molecule has 0 radical (unpaired) electrons. The van der Waals surface area contributed by atoms with Crippen LogP contribution in [0.3, 0.4) is 0 Å². The van der Waals surface area contributed by atoms with Crippen molar-refractivity contribution in [2.75, 3.05) is 0 Å². The van der Waals surface area contributed by atoms with Gasteiger partial charge in [-0.05, 0) is 63.1 Å². The number of carboxylic acid groups (broad SMARTS) is 1. The predicted octanol–water partition coefficient (Wildman–Crippen LogP) is 4.67. The van der Waals surface area contributed by atoms with E-state index in [0.29, 0.717) is 28.2 Å². The molecule has 0 aliphatic heterocycles. The first kappa shape index (κ1) is 20.1. The maximum atomic E-state index is 11.6. The lowest BCUT2D eigenvalue weighted by Crippen LogP contribution is -2.07. The summed E-state index contributed by atoms with van der Waals surface area (Å²) in [5.74, 6) is 0.0998. The summed E-state index contributed by atoms with van der Waals surface area (Å²) in [6.45, 7) is 7.72. The maximum absolute atomic E-state index is 11.6. The Hall–Kier alpha value is -3.26. The molecule has 2 aromatic carbocycles. The zero-order valence-corrected chi connectivity index (χ0v) is 15.9. The van der Waals surface area contributed by atoms with E-state index in [1.807, 2.05) is 33.8 Å². The smallest absolute Gasteiger partial charge is 0.347 e. The zero-order valence-electron chi connectivity index (χ0n) is 15.9. The van der Waals surface area contributed by atoms with Crippen molar-refractivity contribution >= 4 is 11.5 Å². The van der Waals surface area contributed by atoms with Crippen LogP contribution in [0.15, 0.2) is 54.1 Å². The number of ether oxygens (including phenoxy) is 2. The Bertz CT molecular complexity index is 801. The third-order valence-corrected chi connectivity index (χ3v) is 3.61. The molecule has 27 heavy (non-hydrogen) atoms. The van der Waals surface area contributed by atoms with Gasteiger partial charge in [0.25, 0.3) is 0 Å². The van der Waals surface area contributed by atoms with Crippen LogP contribution in [0.1, 0.15) is 38.8 Å². The van der Waals surface area contributed by atoms with Gasteiger partial charge >= 0.3 is 5.97 Å². The van der Waals surface area contributed by atoms with E-state index in [-0.39, 0.29) is 17.8 Å². The molecule has 0 spiro atoms. The molecule has 0 unspecified atom stereocenters. The number of aliphatic carboxylic acids is 1. The van der Waals surface area contributed by atoms with E-state index in [1.165, 1.54) is 0 Å². The van der Waals surface area contributed by atoms with Crippen molar-refractivity contribution in [1.29, 1.82) is 5.26 Å². The molecule has 5 nitrogen and oxygen atoms in total. The van der Waals surface area contributed by atoms with E-state index in [1.54, 1.807) is 48.5 Å². The highest BCUT2D eigenvalue weighted by Crippen LogP contribution is 2.30. The van der Waals surface area contributed by atoms with Crippen molar-refractivity contribution in [1.82, 2.24) is 0 Å². The first-order chi connectivity index (χ1) is 12.8. The normalized spacial score (nSPS) is 10.4. The van der Waals surface area contributed by atoms with Crippen LogP contribution in [0, 0.1) is 11.3 Å². The van der Waals surface area contributed by atoms with Crippen molar-refractivity contribution in [2.24, 2.45) is 0 Å². The molecule has 0 heterocycles. The molecule has 0 aromatic heterocycles. The number of nitriles is 1. The fraction of sp³-hybridized carbons (Fsp3) is 0.273. The molecule has 0 bridgehead atoms. The Morgan fingerprint density at radius 2 is 1.22 bits per heavy atom. The molecule has 0 fully saturated rings. The van der Waals surface area contributed by atoms with Crippen LogP contribution in [0.5, 0.6) is 11.5 Å². The minimum absolute atomic E-state index is 0.0352. The molecule has 0 saturated carbocycles. The fourth-order valence-corrected chi connectivity index (χ4v) is 2.61. The number of carbonyl (C=O) groups is 1. The van der Waals surface area contributed by atoms with E-state index in [4.69, 9.17) is 9.47 Å². The molecule has 0 saturated heterocycles. The maximum Gasteiger partial charge on any atom is 0.347 e. The number of hydrogen-bond donors (Lipinski definition) is 1. The molecule has 1 N–H and O–H groups in total. The van der Waals surface area contributed by atoms with Crippen molar-refractivity contribution in [2.45, 2.75) is 39.9 Å². The molecule has 0 amide bonds. The van der Waals surface area contributed by atoms with Crippen LogP contribution in [-0.2, 0) is 4.79 Å². The Labute approximate surface area is 159 Å². The number of hydrogen-bond acceptors (Lipinski definition) is 4. The van der Waals surface area contributed by atoms with E-state index in [2.05, 4.69) is 0 Å². The Kier molecular flexibility index (Phi) is 6.62. The Balaban J connectivity index is 2.50. The summed E-state index contributed by atoms with van der Waals surface area (Å²) in [7, 11) is 0. The lowest BCUT2D eigenvalue weighted by atomic mass is 9.93. The molecular formula is C22H23NO4.